The minimum Gasteiger partial charge on any atom is -0.290 e. The van der Waals surface area contributed by atoms with Gasteiger partial charge in [0.05, 0.1) is 5.56 Å². The summed E-state index contributed by atoms with van der Waals surface area (Å²) >= 11 is 14.7. The number of rotatable bonds is 2. The van der Waals surface area contributed by atoms with E-state index in [1.165, 1.54) is 18.5 Å². The molecule has 5 nitrogen and oxygen atoms in total. The molecule has 2 aromatic rings. The van der Waals surface area contributed by atoms with Crippen molar-refractivity contribution in [1.29, 1.82) is 0 Å². The van der Waals surface area contributed by atoms with Gasteiger partial charge >= 0.3 is 0 Å². The Morgan fingerprint density at radius 3 is 2.83 bits per heavy atom. The highest BCUT2D eigenvalue weighted by atomic mass is 79.9. The quantitative estimate of drug-likeness (QED) is 0.669. The van der Waals surface area contributed by atoms with E-state index in [9.17, 15) is 4.79 Å². The standard InChI is InChI=1S/C10H5BrCl2N4O/c11-5-3-6(8(13)15-4-5)9(18)17-10-14-2-1-7(12)16-10/h1-4H,(H,14,16,17,18). The predicted molar refractivity (Wildman–Crippen MR) is 71.9 cm³/mol. The van der Waals surface area contributed by atoms with Crippen LogP contribution in [0, 0.1) is 0 Å². The summed E-state index contributed by atoms with van der Waals surface area (Å²) in [6.45, 7) is 0. The number of anilines is 1. The average Bonchev–Trinajstić information content (AvgIpc) is 2.32. The fourth-order valence-electron chi connectivity index (χ4n) is 1.15. The van der Waals surface area contributed by atoms with Gasteiger partial charge in [-0.05, 0) is 28.1 Å². The summed E-state index contributed by atoms with van der Waals surface area (Å²) in [4.78, 5) is 23.5. The number of amides is 1. The molecule has 0 radical (unpaired) electrons. The molecule has 0 aliphatic rings. The molecule has 2 aromatic heterocycles. The molecule has 0 aliphatic carbocycles. The van der Waals surface area contributed by atoms with Crippen LogP contribution in [0.1, 0.15) is 10.4 Å². The van der Waals surface area contributed by atoms with Gasteiger partial charge in [-0.3, -0.25) is 10.1 Å². The molecule has 0 saturated heterocycles. The van der Waals surface area contributed by atoms with E-state index in [0.717, 1.165) is 0 Å². The zero-order valence-corrected chi connectivity index (χ0v) is 11.8. The molecule has 8 heteroatoms. The van der Waals surface area contributed by atoms with Gasteiger partial charge in [0.15, 0.2) is 0 Å². The maximum atomic E-state index is 11.9. The lowest BCUT2D eigenvalue weighted by atomic mass is 10.3. The van der Waals surface area contributed by atoms with E-state index in [-0.39, 0.29) is 21.8 Å². The van der Waals surface area contributed by atoms with Crippen molar-refractivity contribution in [3.8, 4) is 0 Å². The summed E-state index contributed by atoms with van der Waals surface area (Å²) in [6.07, 6.45) is 2.93. The first-order valence-electron chi connectivity index (χ1n) is 4.67. The van der Waals surface area contributed by atoms with Crippen molar-refractivity contribution in [2.24, 2.45) is 0 Å². The van der Waals surface area contributed by atoms with Crippen LogP contribution in [0.3, 0.4) is 0 Å². The number of hydrogen-bond donors (Lipinski definition) is 1. The van der Waals surface area contributed by atoms with Crippen molar-refractivity contribution >= 4 is 51.0 Å². The Hall–Kier alpha value is -1.24. The Labute approximate surface area is 121 Å². The number of aromatic nitrogens is 3. The van der Waals surface area contributed by atoms with Gasteiger partial charge < -0.3 is 0 Å². The molecule has 0 atom stereocenters. The van der Waals surface area contributed by atoms with Crippen molar-refractivity contribution in [2.45, 2.75) is 0 Å². The first kappa shape index (κ1) is 13.2. The van der Waals surface area contributed by atoms with Gasteiger partial charge in [0, 0.05) is 16.9 Å². The molecule has 1 N–H and O–H groups in total. The van der Waals surface area contributed by atoms with Crippen LogP contribution in [0.5, 0.6) is 0 Å². The normalized spacial score (nSPS) is 10.2. The Balaban J connectivity index is 2.24. The van der Waals surface area contributed by atoms with Gasteiger partial charge in [0.25, 0.3) is 5.91 Å². The highest BCUT2D eigenvalue weighted by Gasteiger charge is 2.13. The second-order valence-electron chi connectivity index (χ2n) is 3.15. The zero-order chi connectivity index (χ0) is 13.1. The predicted octanol–water partition coefficient (Wildman–Crippen LogP) is 3.19. The zero-order valence-electron chi connectivity index (χ0n) is 8.69. The van der Waals surface area contributed by atoms with Gasteiger partial charge in [-0.2, -0.15) is 0 Å². The second-order valence-corrected chi connectivity index (χ2v) is 4.81. The van der Waals surface area contributed by atoms with Crippen LogP contribution in [-0.2, 0) is 0 Å². The molecule has 1 amide bonds. The van der Waals surface area contributed by atoms with Crippen molar-refractivity contribution in [2.75, 3.05) is 5.32 Å². The second kappa shape index (κ2) is 5.60. The van der Waals surface area contributed by atoms with E-state index in [2.05, 4.69) is 36.2 Å². The summed E-state index contributed by atoms with van der Waals surface area (Å²) in [7, 11) is 0. The highest BCUT2D eigenvalue weighted by Crippen LogP contribution is 2.19. The topological polar surface area (TPSA) is 67.8 Å². The summed E-state index contributed by atoms with van der Waals surface area (Å²) < 4.78 is 0.643. The maximum absolute atomic E-state index is 11.9. The van der Waals surface area contributed by atoms with Gasteiger partial charge in [0.1, 0.15) is 10.3 Å². The van der Waals surface area contributed by atoms with Crippen LogP contribution in [0.4, 0.5) is 5.95 Å². The van der Waals surface area contributed by atoms with Crippen LogP contribution in [0.15, 0.2) is 29.0 Å². The molecule has 2 heterocycles. The van der Waals surface area contributed by atoms with Gasteiger partial charge in [-0.25, -0.2) is 15.0 Å². The Bertz CT molecular complexity index is 608. The summed E-state index contributed by atoms with van der Waals surface area (Å²) in [6, 6.07) is 3.06. The summed E-state index contributed by atoms with van der Waals surface area (Å²) in [5.74, 6) is -0.361. The number of pyridine rings is 1. The lowest BCUT2D eigenvalue weighted by Gasteiger charge is -2.05. The molecule has 92 valence electrons. The maximum Gasteiger partial charge on any atom is 0.261 e. The Morgan fingerprint density at radius 1 is 1.33 bits per heavy atom. The Morgan fingerprint density at radius 2 is 2.11 bits per heavy atom. The molecular formula is C10H5BrCl2N4O. The molecule has 0 bridgehead atoms. The highest BCUT2D eigenvalue weighted by molar-refractivity contribution is 9.10. The molecule has 18 heavy (non-hydrogen) atoms. The molecule has 0 unspecified atom stereocenters. The largest absolute Gasteiger partial charge is 0.290 e. The van der Waals surface area contributed by atoms with Gasteiger partial charge in [0.2, 0.25) is 5.95 Å². The third-order valence-electron chi connectivity index (χ3n) is 1.90. The number of halogens is 3. The van der Waals surface area contributed by atoms with E-state index >= 15 is 0 Å². The molecule has 0 spiro atoms. The van der Waals surface area contributed by atoms with E-state index in [1.54, 1.807) is 6.07 Å². The van der Waals surface area contributed by atoms with Crippen molar-refractivity contribution in [3.05, 3.63) is 44.9 Å². The molecule has 2 rings (SSSR count). The smallest absolute Gasteiger partial charge is 0.261 e. The van der Waals surface area contributed by atoms with E-state index in [0.29, 0.717) is 4.47 Å². The van der Waals surface area contributed by atoms with Crippen molar-refractivity contribution in [3.63, 3.8) is 0 Å². The van der Waals surface area contributed by atoms with Crippen LogP contribution < -0.4 is 5.32 Å². The van der Waals surface area contributed by atoms with Crippen molar-refractivity contribution in [1.82, 2.24) is 15.0 Å². The van der Waals surface area contributed by atoms with E-state index < -0.39 is 5.91 Å². The fourth-order valence-corrected chi connectivity index (χ4v) is 1.80. The van der Waals surface area contributed by atoms with Gasteiger partial charge in [-0.1, -0.05) is 23.2 Å². The minimum absolute atomic E-state index is 0.0951. The molecule has 0 saturated carbocycles. The fraction of sp³-hybridized carbons (Fsp3) is 0. The Kier molecular flexibility index (Phi) is 4.11. The molecule has 0 aliphatic heterocycles. The number of nitrogens with one attached hydrogen (secondary N) is 1. The monoisotopic (exact) mass is 346 g/mol. The third-order valence-corrected chi connectivity index (χ3v) is 2.84. The first-order chi connectivity index (χ1) is 8.56. The van der Waals surface area contributed by atoms with E-state index in [1.807, 2.05) is 0 Å². The lowest BCUT2D eigenvalue weighted by molar-refractivity contribution is 0.102. The summed E-state index contributed by atoms with van der Waals surface area (Å²) in [5, 5.41) is 2.81. The first-order valence-corrected chi connectivity index (χ1v) is 6.22. The molecule has 0 aromatic carbocycles. The van der Waals surface area contributed by atoms with Crippen LogP contribution >= 0.6 is 39.1 Å². The van der Waals surface area contributed by atoms with Crippen LogP contribution in [0.25, 0.3) is 0 Å². The number of carbonyl (C=O) groups is 1. The lowest BCUT2D eigenvalue weighted by Crippen LogP contribution is -2.15. The minimum atomic E-state index is -0.462. The number of hydrogen-bond acceptors (Lipinski definition) is 4. The van der Waals surface area contributed by atoms with E-state index in [4.69, 9.17) is 23.2 Å². The van der Waals surface area contributed by atoms with Gasteiger partial charge in [-0.15, -0.1) is 0 Å². The van der Waals surface area contributed by atoms with Crippen molar-refractivity contribution < 1.29 is 4.79 Å². The van der Waals surface area contributed by atoms with Crippen LogP contribution in [0.2, 0.25) is 10.3 Å². The molecule has 0 fully saturated rings. The number of nitrogens with zero attached hydrogens (tertiary/aromatic N) is 3. The summed E-state index contributed by atoms with van der Waals surface area (Å²) in [5.41, 5.74) is 0.217. The SMILES string of the molecule is O=C(Nc1nccc(Cl)n1)c1cc(Br)cnc1Cl. The van der Waals surface area contributed by atoms with Crippen LogP contribution in [-0.4, -0.2) is 20.9 Å². The molecular weight excluding hydrogens is 343 g/mol. The third kappa shape index (κ3) is 3.16. The number of carbonyl (C=O) groups excluding carboxylic acids is 1. The average molecular weight is 348 g/mol.